The molecular weight excluding hydrogens is 234 g/mol. The summed E-state index contributed by atoms with van der Waals surface area (Å²) >= 11 is 0. The van der Waals surface area contributed by atoms with Crippen molar-refractivity contribution in [2.24, 2.45) is 16.7 Å². The number of Topliss-reactive ketones (excluding diaryl/α,β-unsaturated/α-hetero) is 1. The number of rotatable bonds is 1. The summed E-state index contributed by atoms with van der Waals surface area (Å²) in [5.74, 6) is 0.997. The quantitative estimate of drug-likeness (QED) is 0.712. The van der Waals surface area contributed by atoms with Gasteiger partial charge in [-0.25, -0.2) is 0 Å². The molecule has 1 fully saturated rings. The maximum atomic E-state index is 12.8. The Hall–Kier alpha value is -0.370. The van der Waals surface area contributed by atoms with Gasteiger partial charge < -0.3 is 0 Å². The lowest BCUT2D eigenvalue weighted by Crippen LogP contribution is -2.50. The third-order valence-corrected chi connectivity index (χ3v) is 4.43. The van der Waals surface area contributed by atoms with E-state index in [4.69, 9.17) is 0 Å². The van der Waals surface area contributed by atoms with Gasteiger partial charge in [0.05, 0.1) is 6.04 Å². The fourth-order valence-corrected chi connectivity index (χ4v) is 2.95. The molecule has 0 aliphatic carbocycles. The van der Waals surface area contributed by atoms with Gasteiger partial charge in [-0.1, -0.05) is 41.5 Å². The minimum atomic E-state index is -0.249. The van der Waals surface area contributed by atoms with Gasteiger partial charge in [0.25, 0.3) is 0 Å². The fourth-order valence-electron chi connectivity index (χ4n) is 2.95. The van der Waals surface area contributed by atoms with Crippen LogP contribution in [0.4, 0.5) is 0 Å². The molecule has 2 unspecified atom stereocenters. The average molecular weight is 267 g/mol. The van der Waals surface area contributed by atoms with Crippen LogP contribution < -0.4 is 0 Å². The Morgan fingerprint density at radius 1 is 0.947 bits per heavy atom. The normalized spacial score (nSPS) is 26.8. The van der Waals surface area contributed by atoms with Crippen molar-refractivity contribution < 1.29 is 4.79 Å². The molecule has 1 aliphatic heterocycles. The van der Waals surface area contributed by atoms with Gasteiger partial charge in [-0.15, -0.1) is 0 Å². The van der Waals surface area contributed by atoms with Crippen molar-refractivity contribution in [2.75, 3.05) is 6.54 Å². The van der Waals surface area contributed by atoms with Crippen LogP contribution in [0.25, 0.3) is 0 Å². The molecule has 1 aliphatic rings. The second kappa shape index (κ2) is 4.87. The Morgan fingerprint density at radius 2 is 1.42 bits per heavy atom. The summed E-state index contributed by atoms with van der Waals surface area (Å²) in [6.45, 7) is 20.7. The number of carbonyl (C=O) groups excluding carboxylic acids is 1. The second-order valence-corrected chi connectivity index (χ2v) is 9.25. The summed E-state index contributed by atoms with van der Waals surface area (Å²) in [4.78, 5) is 15.2. The van der Waals surface area contributed by atoms with Gasteiger partial charge in [0.1, 0.15) is 0 Å². The predicted octanol–water partition coefficient (Wildman–Crippen LogP) is 4.14. The molecule has 0 N–H and O–H groups in total. The molecule has 1 saturated heterocycles. The maximum absolute atomic E-state index is 12.8. The highest BCUT2D eigenvalue weighted by Gasteiger charge is 2.47. The molecule has 0 amide bonds. The van der Waals surface area contributed by atoms with Crippen LogP contribution in [0.3, 0.4) is 0 Å². The topological polar surface area (TPSA) is 20.3 Å². The lowest BCUT2D eigenvalue weighted by Gasteiger charge is -2.38. The summed E-state index contributed by atoms with van der Waals surface area (Å²) in [7, 11) is 0. The van der Waals surface area contributed by atoms with E-state index in [-0.39, 0.29) is 22.4 Å². The molecule has 112 valence electrons. The van der Waals surface area contributed by atoms with Crippen molar-refractivity contribution in [3.63, 3.8) is 0 Å². The van der Waals surface area contributed by atoms with Crippen molar-refractivity contribution in [1.29, 1.82) is 0 Å². The zero-order valence-corrected chi connectivity index (χ0v) is 14.4. The molecule has 0 aromatic rings. The Bertz CT molecular complexity index is 338. The molecule has 2 nitrogen and oxygen atoms in total. The SMILES string of the molecule is CC(C)(C)C(=O)C1CC(C(C)(C)C)CN1C(C)(C)C. The van der Waals surface area contributed by atoms with Gasteiger partial charge in [0, 0.05) is 17.5 Å². The first kappa shape index (κ1) is 16.7. The van der Waals surface area contributed by atoms with Crippen molar-refractivity contribution in [3.05, 3.63) is 0 Å². The number of nitrogens with zero attached hydrogens (tertiary/aromatic N) is 1. The summed E-state index contributed by atoms with van der Waals surface area (Å²) in [6, 6.07) is 0.0872. The first-order valence-corrected chi connectivity index (χ1v) is 7.55. The molecule has 0 radical (unpaired) electrons. The van der Waals surface area contributed by atoms with Crippen LogP contribution in [0, 0.1) is 16.7 Å². The van der Waals surface area contributed by atoms with Crippen LogP contribution in [-0.4, -0.2) is 28.8 Å². The van der Waals surface area contributed by atoms with Crippen LogP contribution in [0.2, 0.25) is 0 Å². The Labute approximate surface area is 119 Å². The van der Waals surface area contributed by atoms with E-state index in [1.54, 1.807) is 0 Å². The lowest BCUT2D eigenvalue weighted by atomic mass is 9.77. The summed E-state index contributed by atoms with van der Waals surface area (Å²) in [5.41, 5.74) is 0.0862. The van der Waals surface area contributed by atoms with E-state index < -0.39 is 0 Å². The highest BCUT2D eigenvalue weighted by molar-refractivity contribution is 5.89. The number of ketones is 1. The molecule has 0 spiro atoms. The van der Waals surface area contributed by atoms with Crippen molar-refractivity contribution >= 4 is 5.78 Å². The van der Waals surface area contributed by atoms with Crippen LogP contribution >= 0.6 is 0 Å². The van der Waals surface area contributed by atoms with E-state index >= 15 is 0 Å². The van der Waals surface area contributed by atoms with Gasteiger partial charge in [-0.3, -0.25) is 9.69 Å². The number of likely N-dealkylation sites (tertiary alicyclic amines) is 1. The molecule has 2 atom stereocenters. The van der Waals surface area contributed by atoms with Crippen molar-refractivity contribution in [3.8, 4) is 0 Å². The van der Waals surface area contributed by atoms with Crippen LogP contribution in [0.1, 0.15) is 68.7 Å². The molecule has 19 heavy (non-hydrogen) atoms. The van der Waals surface area contributed by atoms with Gasteiger partial charge in [-0.05, 0) is 38.5 Å². The largest absolute Gasteiger partial charge is 0.297 e. The molecule has 0 bridgehead atoms. The lowest BCUT2D eigenvalue weighted by molar-refractivity contribution is -0.132. The number of hydrogen-bond donors (Lipinski definition) is 0. The maximum Gasteiger partial charge on any atom is 0.155 e. The average Bonchev–Trinajstić information content (AvgIpc) is 2.57. The molecule has 2 heteroatoms. The Kier molecular flexibility index (Phi) is 4.28. The Morgan fingerprint density at radius 3 is 1.74 bits per heavy atom. The first-order chi connectivity index (χ1) is 8.24. The van der Waals surface area contributed by atoms with Crippen LogP contribution in [0.5, 0.6) is 0 Å². The molecule has 1 heterocycles. The zero-order chi connectivity index (χ0) is 15.2. The van der Waals surface area contributed by atoms with Gasteiger partial charge >= 0.3 is 0 Å². The van der Waals surface area contributed by atoms with E-state index in [0.717, 1.165) is 13.0 Å². The summed E-state index contributed by atoms with van der Waals surface area (Å²) in [6.07, 6.45) is 1.01. The van der Waals surface area contributed by atoms with Crippen LogP contribution in [-0.2, 0) is 4.79 Å². The zero-order valence-electron chi connectivity index (χ0n) is 14.4. The minimum absolute atomic E-state index is 0.0611. The smallest absolute Gasteiger partial charge is 0.155 e. The van der Waals surface area contributed by atoms with Crippen molar-refractivity contribution in [1.82, 2.24) is 4.90 Å². The van der Waals surface area contributed by atoms with Gasteiger partial charge in [-0.2, -0.15) is 0 Å². The van der Waals surface area contributed by atoms with E-state index in [1.165, 1.54) is 0 Å². The highest BCUT2D eigenvalue weighted by Crippen LogP contribution is 2.41. The van der Waals surface area contributed by atoms with Gasteiger partial charge in [0.2, 0.25) is 0 Å². The predicted molar refractivity (Wildman–Crippen MR) is 82.3 cm³/mol. The molecule has 1 rings (SSSR count). The van der Waals surface area contributed by atoms with Crippen LogP contribution in [0.15, 0.2) is 0 Å². The van der Waals surface area contributed by atoms with E-state index in [2.05, 4.69) is 46.4 Å². The first-order valence-electron chi connectivity index (χ1n) is 7.55. The highest BCUT2D eigenvalue weighted by atomic mass is 16.1. The monoisotopic (exact) mass is 267 g/mol. The minimum Gasteiger partial charge on any atom is -0.297 e. The molecule has 0 aromatic heterocycles. The summed E-state index contributed by atoms with van der Waals surface area (Å²) in [5, 5.41) is 0. The summed E-state index contributed by atoms with van der Waals surface area (Å²) < 4.78 is 0. The Balaban J connectivity index is 3.04. The third-order valence-electron chi connectivity index (χ3n) is 4.43. The van der Waals surface area contributed by atoms with Crippen molar-refractivity contribution in [2.45, 2.75) is 80.3 Å². The van der Waals surface area contributed by atoms with E-state index in [0.29, 0.717) is 11.7 Å². The molecular formula is C17H33NO. The molecule has 0 saturated carbocycles. The molecule has 0 aromatic carbocycles. The number of hydrogen-bond acceptors (Lipinski definition) is 2. The fraction of sp³-hybridized carbons (Fsp3) is 0.941. The standard InChI is InChI=1S/C17H33NO/c1-15(2,3)12-10-13(14(19)16(4,5)6)18(11-12)17(7,8)9/h12-13H,10-11H2,1-9H3. The van der Waals surface area contributed by atoms with Gasteiger partial charge in [0.15, 0.2) is 5.78 Å². The second-order valence-electron chi connectivity index (χ2n) is 9.25. The number of carbonyl (C=O) groups is 1. The third kappa shape index (κ3) is 3.81. The van der Waals surface area contributed by atoms with E-state index in [9.17, 15) is 4.79 Å². The van der Waals surface area contributed by atoms with E-state index in [1.807, 2.05) is 20.8 Å².